The summed E-state index contributed by atoms with van der Waals surface area (Å²) < 4.78 is 22.6. The fourth-order valence-corrected chi connectivity index (χ4v) is 8.59. The molecule has 2 fully saturated rings. The lowest BCUT2D eigenvalue weighted by Crippen LogP contribution is -2.65. The van der Waals surface area contributed by atoms with Crippen LogP contribution < -0.4 is 5.32 Å². The van der Waals surface area contributed by atoms with Crippen molar-refractivity contribution < 1.29 is 64.6 Å². The number of unbranched alkanes of at least 4 members (excludes halogenated alkanes) is 8. The minimum absolute atomic E-state index is 0.239. The lowest BCUT2D eigenvalue weighted by atomic mass is 9.97. The van der Waals surface area contributed by atoms with E-state index in [1.165, 1.54) is 0 Å². The van der Waals surface area contributed by atoms with Crippen LogP contribution in [-0.2, 0) is 23.7 Å². The average Bonchev–Trinajstić information content (AvgIpc) is 3.51. The summed E-state index contributed by atoms with van der Waals surface area (Å²) in [7, 11) is 0. The Morgan fingerprint density at radius 2 is 0.864 bits per heavy atom. The van der Waals surface area contributed by atoms with Gasteiger partial charge in [0.2, 0.25) is 5.91 Å². The highest BCUT2D eigenvalue weighted by molar-refractivity contribution is 5.76. The van der Waals surface area contributed by atoms with Crippen molar-refractivity contribution in [3.05, 3.63) is 158 Å². The van der Waals surface area contributed by atoms with Crippen molar-refractivity contribution in [3.63, 3.8) is 0 Å². The van der Waals surface area contributed by atoms with Gasteiger partial charge in [-0.2, -0.15) is 0 Å². The zero-order valence-electron chi connectivity index (χ0n) is 48.9. The number of ether oxygens (including phenoxy) is 4. The van der Waals surface area contributed by atoms with E-state index in [0.717, 1.165) is 128 Å². The van der Waals surface area contributed by atoms with Gasteiger partial charge in [0.1, 0.15) is 48.8 Å². The van der Waals surface area contributed by atoms with Crippen LogP contribution in [0.4, 0.5) is 0 Å². The monoisotopic (exact) mass is 1130 g/mol. The molecule has 0 aromatic carbocycles. The predicted molar refractivity (Wildman–Crippen MR) is 327 cm³/mol. The molecule has 2 aliphatic rings. The van der Waals surface area contributed by atoms with Gasteiger partial charge in [-0.25, -0.2) is 0 Å². The highest BCUT2D eigenvalue weighted by atomic mass is 16.7. The predicted octanol–water partition coefficient (Wildman–Crippen LogP) is 10.7. The number of rotatable bonds is 45. The first-order valence-corrected chi connectivity index (χ1v) is 30.2. The van der Waals surface area contributed by atoms with Crippen LogP contribution in [0.1, 0.15) is 162 Å². The molecule has 0 aromatic heterocycles. The Labute approximate surface area is 486 Å². The van der Waals surface area contributed by atoms with Gasteiger partial charge in [-0.05, 0) is 109 Å². The minimum atomic E-state index is -1.80. The molecule has 0 radical (unpaired) electrons. The number of carbonyl (C=O) groups is 1. The Bertz CT molecular complexity index is 1960. The molecule has 14 heteroatoms. The first-order valence-electron chi connectivity index (χ1n) is 30.2. The lowest BCUT2D eigenvalue weighted by molar-refractivity contribution is -0.359. The van der Waals surface area contributed by atoms with E-state index in [1.807, 2.05) is 6.08 Å². The maximum Gasteiger partial charge on any atom is 0.220 e. The van der Waals surface area contributed by atoms with Gasteiger partial charge in [0, 0.05) is 6.42 Å². The Balaban J connectivity index is 1.62. The molecule has 0 spiro atoms. The fraction of sp³-hybridized carbons (Fsp3) is 0.597. The third-order valence-corrected chi connectivity index (χ3v) is 13.4. The van der Waals surface area contributed by atoms with Gasteiger partial charge in [0.25, 0.3) is 0 Å². The Morgan fingerprint density at radius 3 is 1.36 bits per heavy atom. The summed E-state index contributed by atoms with van der Waals surface area (Å²) in [5.41, 5.74) is 0. The molecule has 0 saturated carbocycles. The van der Waals surface area contributed by atoms with E-state index in [-0.39, 0.29) is 18.9 Å². The molecule has 0 aliphatic carbocycles. The molecule has 2 aliphatic heterocycles. The molecule has 12 unspecified atom stereocenters. The van der Waals surface area contributed by atoms with E-state index < -0.39 is 86.8 Å². The number of hydrogen-bond acceptors (Lipinski definition) is 13. The lowest BCUT2D eigenvalue weighted by Gasteiger charge is -2.46. The van der Waals surface area contributed by atoms with Crippen molar-refractivity contribution in [2.45, 2.75) is 235 Å². The van der Waals surface area contributed by atoms with Crippen molar-refractivity contribution in [2.75, 3.05) is 19.8 Å². The molecule has 9 N–H and O–H groups in total. The number of carbonyl (C=O) groups excluding carboxylic acids is 1. The fourth-order valence-electron chi connectivity index (χ4n) is 8.59. The van der Waals surface area contributed by atoms with Crippen LogP contribution in [0.2, 0.25) is 0 Å². The van der Waals surface area contributed by atoms with Crippen LogP contribution in [0.15, 0.2) is 158 Å². The highest BCUT2D eigenvalue weighted by Crippen LogP contribution is 2.30. The molecule has 14 nitrogen and oxygen atoms in total. The minimum Gasteiger partial charge on any atom is -0.394 e. The Hall–Kier alpha value is -4.39. The maximum absolute atomic E-state index is 13.2. The zero-order valence-corrected chi connectivity index (χ0v) is 48.9. The summed E-state index contributed by atoms with van der Waals surface area (Å²) in [4.78, 5) is 13.2. The van der Waals surface area contributed by atoms with E-state index in [0.29, 0.717) is 12.8 Å². The van der Waals surface area contributed by atoms with Crippen molar-refractivity contribution in [2.24, 2.45) is 0 Å². The second kappa shape index (κ2) is 50.2. The molecule has 456 valence electrons. The summed E-state index contributed by atoms with van der Waals surface area (Å²) in [6, 6.07) is -0.951. The van der Waals surface area contributed by atoms with Gasteiger partial charge in [-0.1, -0.05) is 204 Å². The van der Waals surface area contributed by atoms with Crippen molar-refractivity contribution in [1.82, 2.24) is 5.32 Å². The van der Waals surface area contributed by atoms with E-state index in [4.69, 9.17) is 18.9 Å². The maximum atomic E-state index is 13.2. The first kappa shape index (κ1) is 72.7. The molecule has 2 heterocycles. The van der Waals surface area contributed by atoms with Crippen molar-refractivity contribution in [1.29, 1.82) is 0 Å². The van der Waals surface area contributed by atoms with Gasteiger partial charge < -0.3 is 65.1 Å². The third-order valence-electron chi connectivity index (χ3n) is 13.4. The molecule has 0 bridgehead atoms. The van der Waals surface area contributed by atoms with Crippen molar-refractivity contribution in [3.8, 4) is 0 Å². The molecule has 2 saturated heterocycles. The van der Waals surface area contributed by atoms with E-state index in [9.17, 15) is 45.6 Å². The number of aliphatic hydroxyl groups excluding tert-OH is 8. The van der Waals surface area contributed by atoms with Crippen LogP contribution >= 0.6 is 0 Å². The van der Waals surface area contributed by atoms with Gasteiger partial charge in [0.05, 0.1) is 32.0 Å². The standard InChI is InChI=1S/C67H105NO13/c1-3-5-7-9-11-13-14-15-16-17-18-19-20-21-22-23-24-25-26-27-28-29-30-31-32-33-34-35-36-37-38-39-40-41-42-43-45-47-49-51-59(72)68-55(56(71)50-48-46-44-12-10-8-6-4-2)54-78-66-64(77)62(75)65(58(53-70)80-66)81-67-63(76)61(74)60(73)57(52-69)79-67/h5,7,10-13,15-16,18-19,21-22,24-25,27-28,30-31,33-34,36-37,39-40,48,50,55-58,60-67,69-71,73-77H,3-4,6,8-9,14,17,20,23,26,29,32,35,38,41-47,49,51-54H2,1-2H3,(H,68,72)/b7-5-,12-10+,13-11-,16-15-,19-18-,22-21-,25-24-,28-27-,31-30-,34-33-,37-36-,40-39-,50-48+. The van der Waals surface area contributed by atoms with Crippen molar-refractivity contribution >= 4 is 5.91 Å². The molecule has 0 aromatic rings. The second-order valence-electron chi connectivity index (χ2n) is 20.4. The van der Waals surface area contributed by atoms with Crippen LogP contribution in [0.25, 0.3) is 0 Å². The van der Waals surface area contributed by atoms with E-state index in [2.05, 4.69) is 165 Å². The smallest absolute Gasteiger partial charge is 0.220 e. The Kier molecular flexibility index (Phi) is 45.0. The largest absolute Gasteiger partial charge is 0.394 e. The van der Waals surface area contributed by atoms with E-state index in [1.54, 1.807) is 6.08 Å². The van der Waals surface area contributed by atoms with Crippen LogP contribution in [0.3, 0.4) is 0 Å². The summed E-state index contributed by atoms with van der Waals surface area (Å²) in [5.74, 6) is -0.281. The Morgan fingerprint density at radius 1 is 0.457 bits per heavy atom. The summed E-state index contributed by atoms with van der Waals surface area (Å²) in [5, 5.41) is 86.6. The molecular weight excluding hydrogens is 1030 g/mol. The quantitative estimate of drug-likeness (QED) is 0.0205. The number of amides is 1. The third kappa shape index (κ3) is 35.4. The molecule has 81 heavy (non-hydrogen) atoms. The molecule has 12 atom stereocenters. The summed E-state index contributed by atoms with van der Waals surface area (Å²) in [6.07, 6.45) is 60.5. The van der Waals surface area contributed by atoms with Gasteiger partial charge in [0.15, 0.2) is 12.6 Å². The average molecular weight is 1130 g/mol. The number of nitrogens with one attached hydrogen (secondary N) is 1. The van der Waals surface area contributed by atoms with Gasteiger partial charge >= 0.3 is 0 Å². The zero-order chi connectivity index (χ0) is 58.8. The highest BCUT2D eigenvalue weighted by Gasteiger charge is 2.51. The topological polar surface area (TPSA) is 228 Å². The summed E-state index contributed by atoms with van der Waals surface area (Å²) in [6.45, 7) is 2.52. The first-order chi connectivity index (χ1) is 39.6. The number of hydrogen-bond donors (Lipinski definition) is 9. The van der Waals surface area contributed by atoms with Gasteiger partial charge in [-0.3, -0.25) is 4.79 Å². The van der Waals surface area contributed by atoms with Gasteiger partial charge in [-0.15, -0.1) is 0 Å². The normalized spacial score (nSPS) is 25.3. The number of allylic oxidation sites excluding steroid dienone is 25. The molecule has 1 amide bonds. The van der Waals surface area contributed by atoms with Crippen LogP contribution in [0.5, 0.6) is 0 Å². The SMILES string of the molecule is CC/C=C\C/C=C\C/C=C\C/C=C\C/C=C\C/C=C\C/C=C\C/C=C\C/C=C\C/C=C\C/C=C\CCCCCCCC(=O)NC(COC1OC(CO)C(OC2OC(CO)C(O)C(O)C2O)C(O)C1O)C(O)/C=C/CC/C=C/CCCC. The molecule has 2 rings (SSSR count). The second-order valence-corrected chi connectivity index (χ2v) is 20.4. The van der Waals surface area contributed by atoms with Crippen LogP contribution in [0, 0.1) is 0 Å². The van der Waals surface area contributed by atoms with Crippen LogP contribution in [-0.4, -0.2) is 140 Å². The van der Waals surface area contributed by atoms with E-state index >= 15 is 0 Å². The molecular formula is C67H105NO13. The summed E-state index contributed by atoms with van der Waals surface area (Å²) >= 11 is 0. The number of aliphatic hydroxyl groups is 8.